The van der Waals surface area contributed by atoms with Crippen LogP contribution in [0.3, 0.4) is 0 Å². The summed E-state index contributed by atoms with van der Waals surface area (Å²) >= 11 is 0. The van der Waals surface area contributed by atoms with Crippen molar-refractivity contribution in [2.45, 2.75) is 6.92 Å². The Hall–Kier alpha value is -6.44. The highest BCUT2D eigenvalue weighted by Crippen LogP contribution is 2.45. The summed E-state index contributed by atoms with van der Waals surface area (Å²) in [5.41, 5.74) is 12.7. The number of furan rings is 1. The molecule has 9 aromatic carbocycles. The van der Waals surface area contributed by atoms with Crippen LogP contribution < -0.4 is 0 Å². The second-order valence-corrected chi connectivity index (χ2v) is 13.3. The smallest absolute Gasteiger partial charge is 0.143 e. The molecule has 10 aromatic rings. The van der Waals surface area contributed by atoms with Crippen molar-refractivity contribution in [3.05, 3.63) is 181 Å². The first kappa shape index (κ1) is 28.6. The van der Waals surface area contributed by atoms with Crippen molar-refractivity contribution in [3.8, 4) is 44.5 Å². The highest BCUT2D eigenvalue weighted by molar-refractivity contribution is 6.22. The number of fused-ring (bicyclic) bond motifs is 6. The zero-order valence-corrected chi connectivity index (χ0v) is 27.7. The first-order valence-electron chi connectivity index (χ1n) is 17.3. The van der Waals surface area contributed by atoms with Crippen LogP contribution in [0, 0.1) is 6.92 Å². The van der Waals surface area contributed by atoms with Crippen LogP contribution in [0.1, 0.15) is 5.56 Å². The maximum atomic E-state index is 6.48. The van der Waals surface area contributed by atoms with Gasteiger partial charge in [-0.2, -0.15) is 0 Å². The molecule has 0 bridgehead atoms. The van der Waals surface area contributed by atoms with Gasteiger partial charge in [-0.1, -0.05) is 157 Å². The van der Waals surface area contributed by atoms with Crippen LogP contribution >= 0.6 is 0 Å². The Morgan fingerprint density at radius 3 is 1.54 bits per heavy atom. The van der Waals surface area contributed by atoms with Crippen LogP contribution in [-0.4, -0.2) is 0 Å². The van der Waals surface area contributed by atoms with E-state index in [0.717, 1.165) is 33.1 Å². The van der Waals surface area contributed by atoms with Crippen molar-refractivity contribution in [2.24, 2.45) is 0 Å². The van der Waals surface area contributed by atoms with Crippen LogP contribution in [0.4, 0.5) is 0 Å². The van der Waals surface area contributed by atoms with Gasteiger partial charge in [-0.25, -0.2) is 0 Å². The molecule has 0 radical (unpaired) electrons. The predicted octanol–water partition coefficient (Wildman–Crippen LogP) is 14.0. The van der Waals surface area contributed by atoms with Crippen molar-refractivity contribution in [2.75, 3.05) is 0 Å². The summed E-state index contributed by atoms with van der Waals surface area (Å²) in [6, 6.07) is 64.0. The highest BCUT2D eigenvalue weighted by atomic mass is 16.3. The summed E-state index contributed by atoms with van der Waals surface area (Å²) < 4.78 is 6.48. The number of rotatable bonds is 4. The van der Waals surface area contributed by atoms with Crippen molar-refractivity contribution in [1.29, 1.82) is 0 Å². The van der Waals surface area contributed by atoms with E-state index in [9.17, 15) is 0 Å². The summed E-state index contributed by atoms with van der Waals surface area (Å²) in [7, 11) is 0. The van der Waals surface area contributed by atoms with E-state index in [4.69, 9.17) is 4.42 Å². The van der Waals surface area contributed by atoms with Crippen molar-refractivity contribution in [3.63, 3.8) is 0 Å². The number of para-hydroxylation sites is 1. The minimum absolute atomic E-state index is 0.911. The van der Waals surface area contributed by atoms with Gasteiger partial charge in [0, 0.05) is 16.3 Å². The van der Waals surface area contributed by atoms with E-state index in [1.165, 1.54) is 71.3 Å². The van der Waals surface area contributed by atoms with Gasteiger partial charge in [-0.05, 0) is 102 Å². The fourth-order valence-electron chi connectivity index (χ4n) is 7.87. The van der Waals surface area contributed by atoms with Crippen molar-refractivity contribution < 1.29 is 4.42 Å². The van der Waals surface area contributed by atoms with E-state index in [1.54, 1.807) is 0 Å². The Morgan fingerprint density at radius 1 is 0.340 bits per heavy atom. The summed E-state index contributed by atoms with van der Waals surface area (Å²) in [6.07, 6.45) is 0. The lowest BCUT2D eigenvalue weighted by atomic mass is 9.85. The topological polar surface area (TPSA) is 13.1 Å². The third kappa shape index (κ3) is 4.55. The number of hydrogen-bond acceptors (Lipinski definition) is 1. The largest absolute Gasteiger partial charge is 0.455 e. The van der Waals surface area contributed by atoms with Crippen LogP contribution in [-0.2, 0) is 0 Å². The lowest BCUT2D eigenvalue weighted by molar-refractivity contribution is 0.670. The quantitative estimate of drug-likeness (QED) is 0.175. The summed E-state index contributed by atoms with van der Waals surface area (Å²) in [4.78, 5) is 0. The summed E-state index contributed by atoms with van der Waals surface area (Å²) in [5, 5.41) is 9.83. The molecule has 0 unspecified atom stereocenters. The maximum Gasteiger partial charge on any atom is 0.143 e. The fraction of sp³-hybridized carbons (Fsp3) is 0.0204. The van der Waals surface area contributed by atoms with Crippen molar-refractivity contribution in [1.82, 2.24) is 0 Å². The number of hydrogen-bond donors (Lipinski definition) is 0. The average Bonchev–Trinajstić information content (AvgIpc) is 3.55. The van der Waals surface area contributed by atoms with E-state index in [2.05, 4.69) is 177 Å². The molecule has 0 spiro atoms. The van der Waals surface area contributed by atoms with Crippen LogP contribution in [0.5, 0.6) is 0 Å². The van der Waals surface area contributed by atoms with Gasteiger partial charge in [0.2, 0.25) is 0 Å². The Labute approximate surface area is 290 Å². The molecule has 0 amide bonds. The van der Waals surface area contributed by atoms with Crippen LogP contribution in [0.15, 0.2) is 180 Å². The van der Waals surface area contributed by atoms with Crippen LogP contribution in [0.2, 0.25) is 0 Å². The molecule has 1 nitrogen and oxygen atoms in total. The highest BCUT2D eigenvalue weighted by Gasteiger charge is 2.18. The lowest BCUT2D eigenvalue weighted by Crippen LogP contribution is -1.91. The first-order chi connectivity index (χ1) is 24.7. The van der Waals surface area contributed by atoms with Gasteiger partial charge in [0.15, 0.2) is 0 Å². The van der Waals surface area contributed by atoms with Crippen molar-refractivity contribution >= 4 is 54.3 Å². The molecule has 10 rings (SSSR count). The van der Waals surface area contributed by atoms with E-state index >= 15 is 0 Å². The first-order valence-corrected chi connectivity index (χ1v) is 17.3. The molecule has 0 aliphatic carbocycles. The third-order valence-corrected chi connectivity index (χ3v) is 10.3. The minimum Gasteiger partial charge on any atom is -0.455 e. The molecule has 0 N–H and O–H groups in total. The molecule has 50 heavy (non-hydrogen) atoms. The molecule has 0 saturated carbocycles. The normalized spacial score (nSPS) is 11.7. The molecule has 0 saturated heterocycles. The standard InChI is InChI=1S/C49H32O/c1-31-18-20-34(21-19-31)44-29-38(30-45-39-12-8-9-17-46(39)50-49(44)45)33-22-25-35(26-23-33)47-40-13-4-6-15-42(40)48(43-16-7-5-14-41(43)47)37-27-24-32-10-2-3-11-36(32)28-37/h2-30H,1H3. The third-order valence-electron chi connectivity index (χ3n) is 10.3. The molecule has 1 heteroatoms. The summed E-state index contributed by atoms with van der Waals surface area (Å²) in [6.45, 7) is 2.13. The Balaban J connectivity index is 1.16. The van der Waals surface area contributed by atoms with Gasteiger partial charge >= 0.3 is 0 Å². The van der Waals surface area contributed by atoms with Gasteiger partial charge < -0.3 is 4.42 Å². The summed E-state index contributed by atoms with van der Waals surface area (Å²) in [5.74, 6) is 0. The molecule has 0 aliphatic rings. The van der Waals surface area contributed by atoms with Gasteiger partial charge in [0.1, 0.15) is 11.2 Å². The molecule has 234 valence electrons. The van der Waals surface area contributed by atoms with Gasteiger partial charge in [0.25, 0.3) is 0 Å². The molecular weight excluding hydrogens is 605 g/mol. The molecular formula is C49H32O. The van der Waals surface area contributed by atoms with Gasteiger partial charge in [-0.3, -0.25) is 0 Å². The Kier molecular flexibility index (Phi) is 6.47. The SMILES string of the molecule is Cc1ccc(-c2cc(-c3ccc(-c4c5ccccc5c(-c5ccc6ccccc6c5)c5ccccc45)cc3)cc3c2oc2ccccc23)cc1. The average molecular weight is 637 g/mol. The zero-order valence-electron chi connectivity index (χ0n) is 27.7. The van der Waals surface area contributed by atoms with E-state index in [0.29, 0.717) is 0 Å². The maximum absolute atomic E-state index is 6.48. The van der Waals surface area contributed by atoms with E-state index in [1.807, 2.05) is 6.07 Å². The zero-order chi connectivity index (χ0) is 33.2. The van der Waals surface area contributed by atoms with Gasteiger partial charge in [-0.15, -0.1) is 0 Å². The second-order valence-electron chi connectivity index (χ2n) is 13.3. The van der Waals surface area contributed by atoms with Gasteiger partial charge in [0.05, 0.1) is 0 Å². The fourth-order valence-corrected chi connectivity index (χ4v) is 7.87. The number of aryl methyl sites for hydroxylation is 1. The predicted molar refractivity (Wildman–Crippen MR) is 213 cm³/mol. The monoisotopic (exact) mass is 636 g/mol. The van der Waals surface area contributed by atoms with E-state index < -0.39 is 0 Å². The van der Waals surface area contributed by atoms with E-state index in [-0.39, 0.29) is 0 Å². The lowest BCUT2D eigenvalue weighted by Gasteiger charge is -2.18. The Morgan fingerprint density at radius 2 is 0.860 bits per heavy atom. The second kappa shape index (κ2) is 11.3. The molecule has 0 fully saturated rings. The molecule has 0 aliphatic heterocycles. The van der Waals surface area contributed by atoms with Crippen LogP contribution in [0.25, 0.3) is 98.8 Å². The number of benzene rings is 9. The minimum atomic E-state index is 0.911. The molecule has 0 atom stereocenters. The molecule has 1 aromatic heterocycles. The molecule has 1 heterocycles. The Bertz CT molecular complexity index is 2850.